The maximum atomic E-state index is 5.54. The van der Waals surface area contributed by atoms with E-state index < -0.39 is 0 Å². The van der Waals surface area contributed by atoms with Gasteiger partial charge in [0.25, 0.3) is 0 Å². The molecular formula is C9H11Br2NO2. The third-order valence-electron chi connectivity index (χ3n) is 1.49. The Morgan fingerprint density at radius 3 is 2.79 bits per heavy atom. The van der Waals surface area contributed by atoms with Crippen LogP contribution in [0.5, 0.6) is 5.88 Å². The first-order chi connectivity index (χ1) is 6.63. The first-order valence-corrected chi connectivity index (χ1v) is 5.68. The highest BCUT2D eigenvalue weighted by Gasteiger charge is 2.08. The van der Waals surface area contributed by atoms with Gasteiger partial charge in [-0.15, -0.1) is 0 Å². The molecule has 0 bridgehead atoms. The van der Waals surface area contributed by atoms with Crippen molar-refractivity contribution in [2.45, 2.75) is 13.0 Å². The van der Waals surface area contributed by atoms with Crippen LogP contribution in [0.15, 0.2) is 21.2 Å². The lowest BCUT2D eigenvalue weighted by Gasteiger charge is -2.13. The van der Waals surface area contributed by atoms with E-state index in [0.717, 1.165) is 8.95 Å². The van der Waals surface area contributed by atoms with E-state index in [4.69, 9.17) is 9.47 Å². The molecule has 0 N–H and O–H groups in total. The summed E-state index contributed by atoms with van der Waals surface area (Å²) >= 11 is 6.69. The van der Waals surface area contributed by atoms with Crippen molar-refractivity contribution in [2.75, 3.05) is 13.7 Å². The van der Waals surface area contributed by atoms with E-state index in [9.17, 15) is 0 Å². The van der Waals surface area contributed by atoms with E-state index in [1.54, 1.807) is 13.3 Å². The van der Waals surface area contributed by atoms with Crippen LogP contribution in [0.3, 0.4) is 0 Å². The zero-order valence-electron chi connectivity index (χ0n) is 7.96. The van der Waals surface area contributed by atoms with Crippen LogP contribution < -0.4 is 4.74 Å². The largest absolute Gasteiger partial charge is 0.471 e. The van der Waals surface area contributed by atoms with E-state index in [1.807, 2.05) is 13.0 Å². The first kappa shape index (κ1) is 11.9. The van der Waals surface area contributed by atoms with E-state index in [-0.39, 0.29) is 6.10 Å². The molecule has 14 heavy (non-hydrogen) atoms. The smallest absolute Gasteiger partial charge is 0.228 e. The maximum absolute atomic E-state index is 5.54. The Bertz CT molecular complexity index is 307. The van der Waals surface area contributed by atoms with Gasteiger partial charge in [-0.05, 0) is 44.8 Å². The average Bonchev–Trinajstić information content (AvgIpc) is 2.10. The number of ether oxygens (including phenoxy) is 2. The molecule has 1 rings (SSSR count). The highest BCUT2D eigenvalue weighted by Crippen LogP contribution is 2.26. The normalized spacial score (nSPS) is 12.6. The fourth-order valence-electron chi connectivity index (χ4n) is 0.948. The minimum absolute atomic E-state index is 0.00928. The van der Waals surface area contributed by atoms with Gasteiger partial charge in [-0.25, -0.2) is 4.98 Å². The number of aromatic nitrogens is 1. The van der Waals surface area contributed by atoms with Gasteiger partial charge in [-0.3, -0.25) is 0 Å². The number of halogens is 2. The molecule has 0 aromatic carbocycles. The average molecular weight is 325 g/mol. The molecule has 0 fully saturated rings. The Labute approximate surface area is 100 Å². The number of nitrogens with zero attached hydrogens (tertiary/aromatic N) is 1. The van der Waals surface area contributed by atoms with E-state index in [2.05, 4.69) is 36.8 Å². The molecule has 1 aromatic rings. The Morgan fingerprint density at radius 1 is 1.50 bits per heavy atom. The molecule has 3 nitrogen and oxygen atoms in total. The van der Waals surface area contributed by atoms with Gasteiger partial charge in [-0.1, -0.05) is 0 Å². The summed E-state index contributed by atoms with van der Waals surface area (Å²) in [6.45, 7) is 2.48. The molecule has 1 heterocycles. The fraction of sp³-hybridized carbons (Fsp3) is 0.444. The van der Waals surface area contributed by atoms with Crippen LogP contribution in [-0.4, -0.2) is 24.8 Å². The summed E-state index contributed by atoms with van der Waals surface area (Å²) in [4.78, 5) is 4.13. The summed E-state index contributed by atoms with van der Waals surface area (Å²) in [5, 5.41) is 0. The predicted molar refractivity (Wildman–Crippen MR) is 61.6 cm³/mol. The zero-order valence-corrected chi connectivity index (χ0v) is 11.1. The van der Waals surface area contributed by atoms with Gasteiger partial charge in [0.2, 0.25) is 5.88 Å². The predicted octanol–water partition coefficient (Wildman–Crippen LogP) is 3.02. The molecule has 0 aliphatic carbocycles. The van der Waals surface area contributed by atoms with Gasteiger partial charge in [-0.2, -0.15) is 0 Å². The molecule has 78 valence electrons. The number of rotatable bonds is 4. The molecule has 0 saturated carbocycles. The number of hydrogen-bond acceptors (Lipinski definition) is 3. The molecule has 0 saturated heterocycles. The molecule has 0 radical (unpaired) electrons. The van der Waals surface area contributed by atoms with E-state index >= 15 is 0 Å². The van der Waals surface area contributed by atoms with E-state index in [1.165, 1.54) is 0 Å². The molecular weight excluding hydrogens is 314 g/mol. The number of hydrogen-bond donors (Lipinski definition) is 0. The van der Waals surface area contributed by atoms with Crippen molar-refractivity contribution in [3.05, 3.63) is 21.2 Å². The Kier molecular flexibility index (Phi) is 4.84. The monoisotopic (exact) mass is 323 g/mol. The van der Waals surface area contributed by atoms with Crippen molar-refractivity contribution in [1.29, 1.82) is 0 Å². The second-order valence-corrected chi connectivity index (χ2v) is 4.59. The van der Waals surface area contributed by atoms with Crippen LogP contribution in [0.1, 0.15) is 6.92 Å². The Balaban J connectivity index is 2.67. The quantitative estimate of drug-likeness (QED) is 0.853. The molecule has 1 unspecified atom stereocenters. The highest BCUT2D eigenvalue weighted by atomic mass is 79.9. The minimum atomic E-state index is -0.00928. The lowest BCUT2D eigenvalue weighted by Crippen LogP contribution is -2.18. The van der Waals surface area contributed by atoms with Crippen molar-refractivity contribution in [2.24, 2.45) is 0 Å². The third-order valence-corrected chi connectivity index (χ3v) is 2.49. The topological polar surface area (TPSA) is 31.4 Å². The van der Waals surface area contributed by atoms with Crippen molar-refractivity contribution in [1.82, 2.24) is 4.98 Å². The molecule has 0 aliphatic rings. The van der Waals surface area contributed by atoms with Gasteiger partial charge >= 0.3 is 0 Å². The van der Waals surface area contributed by atoms with Crippen LogP contribution in [-0.2, 0) is 4.74 Å². The van der Waals surface area contributed by atoms with Gasteiger partial charge < -0.3 is 9.47 Å². The summed E-state index contributed by atoms with van der Waals surface area (Å²) in [6, 6.07) is 1.89. The van der Waals surface area contributed by atoms with Crippen LogP contribution in [0, 0.1) is 0 Å². The lowest BCUT2D eigenvalue weighted by molar-refractivity contribution is 0.0884. The van der Waals surface area contributed by atoms with Gasteiger partial charge in [0, 0.05) is 17.8 Å². The zero-order chi connectivity index (χ0) is 10.6. The minimum Gasteiger partial charge on any atom is -0.471 e. The fourth-order valence-corrected chi connectivity index (χ4v) is 2.03. The van der Waals surface area contributed by atoms with Gasteiger partial charge in [0.05, 0.1) is 11.1 Å². The summed E-state index contributed by atoms with van der Waals surface area (Å²) in [7, 11) is 1.64. The molecule has 0 spiro atoms. The summed E-state index contributed by atoms with van der Waals surface area (Å²) in [5.74, 6) is 0.581. The van der Waals surface area contributed by atoms with Crippen LogP contribution in [0.2, 0.25) is 0 Å². The molecule has 0 aliphatic heterocycles. The SMILES string of the molecule is COCC(C)Oc1ncc(Br)cc1Br. The second kappa shape index (κ2) is 5.68. The highest BCUT2D eigenvalue weighted by molar-refractivity contribution is 9.11. The Morgan fingerprint density at radius 2 is 2.21 bits per heavy atom. The number of pyridine rings is 1. The number of methoxy groups -OCH3 is 1. The van der Waals surface area contributed by atoms with Crippen molar-refractivity contribution < 1.29 is 9.47 Å². The summed E-state index contributed by atoms with van der Waals surface area (Å²) < 4.78 is 12.2. The molecule has 0 amide bonds. The maximum Gasteiger partial charge on any atom is 0.228 e. The lowest BCUT2D eigenvalue weighted by atomic mass is 10.4. The Hall–Kier alpha value is -0.130. The molecule has 1 aromatic heterocycles. The van der Waals surface area contributed by atoms with Crippen molar-refractivity contribution in [3.8, 4) is 5.88 Å². The van der Waals surface area contributed by atoms with Crippen LogP contribution >= 0.6 is 31.9 Å². The summed E-state index contributed by atoms with van der Waals surface area (Å²) in [6.07, 6.45) is 1.68. The van der Waals surface area contributed by atoms with Crippen molar-refractivity contribution >= 4 is 31.9 Å². The standard InChI is InChI=1S/C9H11Br2NO2/c1-6(5-13-2)14-9-8(11)3-7(10)4-12-9/h3-4,6H,5H2,1-2H3. The van der Waals surface area contributed by atoms with Gasteiger partial charge in [0.1, 0.15) is 6.10 Å². The van der Waals surface area contributed by atoms with Crippen LogP contribution in [0.4, 0.5) is 0 Å². The van der Waals surface area contributed by atoms with Gasteiger partial charge in [0.15, 0.2) is 0 Å². The summed E-state index contributed by atoms with van der Waals surface area (Å²) in [5.41, 5.74) is 0. The first-order valence-electron chi connectivity index (χ1n) is 4.10. The second-order valence-electron chi connectivity index (χ2n) is 2.82. The van der Waals surface area contributed by atoms with Crippen molar-refractivity contribution in [3.63, 3.8) is 0 Å². The molecule has 5 heteroatoms. The van der Waals surface area contributed by atoms with Crippen LogP contribution in [0.25, 0.3) is 0 Å². The molecule has 1 atom stereocenters. The van der Waals surface area contributed by atoms with E-state index in [0.29, 0.717) is 12.5 Å². The third kappa shape index (κ3) is 3.55.